The van der Waals surface area contributed by atoms with Gasteiger partial charge in [-0.3, -0.25) is 0 Å². The van der Waals surface area contributed by atoms with Gasteiger partial charge in [0, 0.05) is 25.4 Å². The van der Waals surface area contributed by atoms with Crippen LogP contribution in [0.2, 0.25) is 0 Å². The van der Waals surface area contributed by atoms with Gasteiger partial charge in [-0.1, -0.05) is 6.92 Å². The number of piperidine rings is 1. The van der Waals surface area contributed by atoms with Gasteiger partial charge in [0.2, 0.25) is 0 Å². The maximum atomic E-state index is 12.9. The Kier molecular flexibility index (Phi) is 2.61. The molecule has 0 saturated carbocycles. The third kappa shape index (κ3) is 2.35. The van der Waals surface area contributed by atoms with Crippen LogP contribution in [0.3, 0.4) is 0 Å². The van der Waals surface area contributed by atoms with Gasteiger partial charge in [0.25, 0.3) is 16.1 Å². The van der Waals surface area contributed by atoms with Crippen LogP contribution in [-0.2, 0) is 10.2 Å². The molecule has 1 unspecified atom stereocenters. The zero-order chi connectivity index (χ0) is 10.3. The minimum atomic E-state index is -3.81. The van der Waals surface area contributed by atoms with Crippen molar-refractivity contribution in [2.45, 2.75) is 19.3 Å². The van der Waals surface area contributed by atoms with Crippen LogP contribution in [0.25, 0.3) is 0 Å². The summed E-state index contributed by atoms with van der Waals surface area (Å²) in [5.41, 5.74) is 0. The largest absolute Gasteiger partial charge is 0.276 e. The van der Waals surface area contributed by atoms with Crippen molar-refractivity contribution in [2.24, 2.45) is 11.1 Å². The van der Waals surface area contributed by atoms with Crippen molar-refractivity contribution < 1.29 is 17.2 Å². The second-order valence-electron chi connectivity index (χ2n) is 3.32. The van der Waals surface area contributed by atoms with Gasteiger partial charge in [-0.05, 0) is 0 Å². The minimum Gasteiger partial charge on any atom is -0.216 e. The Morgan fingerprint density at radius 2 is 2.08 bits per heavy atom. The molecule has 1 atom stereocenters. The number of halogens is 2. The molecule has 1 saturated heterocycles. The molecular formula is C6H12F2N2O2S. The summed E-state index contributed by atoms with van der Waals surface area (Å²) in [6.45, 7) is 0.916. The highest BCUT2D eigenvalue weighted by atomic mass is 32.2. The van der Waals surface area contributed by atoms with Crippen molar-refractivity contribution in [2.75, 3.05) is 13.1 Å². The van der Waals surface area contributed by atoms with Gasteiger partial charge in [-0.2, -0.15) is 12.7 Å². The first-order valence-electron chi connectivity index (χ1n) is 3.89. The van der Waals surface area contributed by atoms with E-state index in [1.807, 2.05) is 0 Å². The summed E-state index contributed by atoms with van der Waals surface area (Å²) in [4.78, 5) is 0. The van der Waals surface area contributed by atoms with Crippen molar-refractivity contribution in [3.63, 3.8) is 0 Å². The highest BCUT2D eigenvalue weighted by Gasteiger charge is 2.43. The summed E-state index contributed by atoms with van der Waals surface area (Å²) in [7, 11) is -3.81. The van der Waals surface area contributed by atoms with Crippen LogP contribution in [0, 0.1) is 5.92 Å². The van der Waals surface area contributed by atoms with E-state index in [9.17, 15) is 17.2 Å². The molecule has 0 spiro atoms. The standard InChI is InChI=1S/C6H12F2N2O2S/c1-5-4-10(13(9,11)12)3-2-6(5,7)8/h5H,2-4H2,1H3,(H2,9,11,12). The van der Waals surface area contributed by atoms with Gasteiger partial charge in [-0.25, -0.2) is 13.9 Å². The second-order valence-corrected chi connectivity index (χ2v) is 4.86. The molecular weight excluding hydrogens is 202 g/mol. The van der Waals surface area contributed by atoms with Crippen molar-refractivity contribution >= 4 is 10.2 Å². The molecule has 1 aliphatic rings. The van der Waals surface area contributed by atoms with E-state index in [0.29, 0.717) is 0 Å². The molecule has 4 nitrogen and oxygen atoms in total. The molecule has 13 heavy (non-hydrogen) atoms. The summed E-state index contributed by atoms with van der Waals surface area (Å²) < 4.78 is 48.3. The molecule has 78 valence electrons. The third-order valence-electron chi connectivity index (χ3n) is 2.25. The van der Waals surface area contributed by atoms with Gasteiger partial charge in [0.05, 0.1) is 0 Å². The molecule has 0 aromatic heterocycles. The van der Waals surface area contributed by atoms with Crippen LogP contribution < -0.4 is 5.14 Å². The maximum absolute atomic E-state index is 12.9. The zero-order valence-corrected chi connectivity index (χ0v) is 8.02. The molecule has 1 rings (SSSR count). The minimum absolute atomic E-state index is 0.198. The van der Waals surface area contributed by atoms with E-state index in [-0.39, 0.29) is 13.1 Å². The van der Waals surface area contributed by atoms with Crippen LogP contribution in [0.15, 0.2) is 0 Å². The number of hydrogen-bond donors (Lipinski definition) is 1. The molecule has 0 radical (unpaired) electrons. The summed E-state index contributed by atoms with van der Waals surface area (Å²) in [6.07, 6.45) is -0.454. The monoisotopic (exact) mass is 214 g/mol. The van der Waals surface area contributed by atoms with Crippen molar-refractivity contribution in [1.82, 2.24) is 4.31 Å². The van der Waals surface area contributed by atoms with Crippen molar-refractivity contribution in [3.05, 3.63) is 0 Å². The lowest BCUT2D eigenvalue weighted by Gasteiger charge is -2.34. The maximum Gasteiger partial charge on any atom is 0.276 e. The molecule has 1 aliphatic heterocycles. The normalized spacial score (nSPS) is 30.3. The van der Waals surface area contributed by atoms with E-state index in [0.717, 1.165) is 4.31 Å². The topological polar surface area (TPSA) is 63.4 Å². The van der Waals surface area contributed by atoms with E-state index in [2.05, 4.69) is 0 Å². The Balaban J connectivity index is 2.73. The molecule has 1 fully saturated rings. The van der Waals surface area contributed by atoms with Crippen molar-refractivity contribution in [3.8, 4) is 0 Å². The molecule has 0 aliphatic carbocycles. The predicted octanol–water partition coefficient (Wildman–Crippen LogP) is 0.167. The highest BCUT2D eigenvalue weighted by Crippen LogP contribution is 2.33. The third-order valence-corrected chi connectivity index (χ3v) is 3.30. The average Bonchev–Trinajstić information content (AvgIpc) is 1.92. The molecule has 0 amide bonds. The first-order valence-corrected chi connectivity index (χ1v) is 5.39. The van der Waals surface area contributed by atoms with Crippen LogP contribution in [0.5, 0.6) is 0 Å². The van der Waals surface area contributed by atoms with Gasteiger partial charge in [0.15, 0.2) is 0 Å². The number of hydrogen-bond acceptors (Lipinski definition) is 2. The van der Waals surface area contributed by atoms with Crippen molar-refractivity contribution in [1.29, 1.82) is 0 Å². The number of nitrogens with zero attached hydrogens (tertiary/aromatic N) is 1. The van der Waals surface area contributed by atoms with E-state index in [4.69, 9.17) is 5.14 Å². The van der Waals surface area contributed by atoms with Crippen LogP contribution in [0.1, 0.15) is 13.3 Å². The van der Waals surface area contributed by atoms with E-state index in [1.165, 1.54) is 6.92 Å². The Morgan fingerprint density at radius 3 is 2.46 bits per heavy atom. The Morgan fingerprint density at radius 1 is 1.54 bits per heavy atom. The summed E-state index contributed by atoms with van der Waals surface area (Å²) in [5, 5.41) is 4.81. The zero-order valence-electron chi connectivity index (χ0n) is 7.20. The lowest BCUT2D eigenvalue weighted by molar-refractivity contribution is -0.0853. The molecule has 7 heteroatoms. The van der Waals surface area contributed by atoms with E-state index in [1.54, 1.807) is 0 Å². The Bertz CT molecular complexity index is 291. The van der Waals surface area contributed by atoms with Crippen LogP contribution >= 0.6 is 0 Å². The molecule has 0 aromatic carbocycles. The number of rotatable bonds is 1. The lowest BCUT2D eigenvalue weighted by Crippen LogP contribution is -2.50. The average molecular weight is 214 g/mol. The van der Waals surface area contributed by atoms with Gasteiger partial charge in [-0.15, -0.1) is 0 Å². The molecule has 0 bridgehead atoms. The smallest absolute Gasteiger partial charge is 0.216 e. The molecule has 0 aromatic rings. The highest BCUT2D eigenvalue weighted by molar-refractivity contribution is 7.86. The van der Waals surface area contributed by atoms with E-state index < -0.39 is 28.5 Å². The quantitative estimate of drug-likeness (QED) is 0.676. The Labute approximate surface area is 75.9 Å². The van der Waals surface area contributed by atoms with Gasteiger partial charge < -0.3 is 0 Å². The predicted molar refractivity (Wildman–Crippen MR) is 43.4 cm³/mol. The Hall–Kier alpha value is -0.270. The van der Waals surface area contributed by atoms with Gasteiger partial charge in [0.1, 0.15) is 0 Å². The van der Waals surface area contributed by atoms with Crippen LogP contribution in [-0.4, -0.2) is 31.7 Å². The number of nitrogens with two attached hydrogens (primary N) is 1. The van der Waals surface area contributed by atoms with Gasteiger partial charge >= 0.3 is 0 Å². The summed E-state index contributed by atoms with van der Waals surface area (Å²) in [6, 6.07) is 0. The first-order chi connectivity index (χ1) is 5.73. The number of alkyl halides is 2. The van der Waals surface area contributed by atoms with Crippen LogP contribution in [0.4, 0.5) is 8.78 Å². The fourth-order valence-electron chi connectivity index (χ4n) is 1.28. The summed E-state index contributed by atoms with van der Waals surface area (Å²) in [5.74, 6) is -3.75. The second kappa shape index (κ2) is 3.14. The van der Waals surface area contributed by atoms with E-state index >= 15 is 0 Å². The molecule has 1 heterocycles. The molecule has 2 N–H and O–H groups in total. The lowest BCUT2D eigenvalue weighted by atomic mass is 9.97. The SMILES string of the molecule is CC1CN(S(N)(=O)=O)CCC1(F)F. The first kappa shape index (κ1) is 10.8. The fraction of sp³-hybridized carbons (Fsp3) is 1.00. The summed E-state index contributed by atoms with van der Waals surface area (Å²) >= 11 is 0. The fourth-order valence-corrected chi connectivity index (χ4v) is 2.06.